The van der Waals surface area contributed by atoms with Crippen molar-refractivity contribution in [3.05, 3.63) is 10.9 Å². The molecule has 0 bridgehead atoms. The number of nitrogens with two attached hydrogens (primary N) is 1. The van der Waals surface area contributed by atoms with Gasteiger partial charge in [-0.2, -0.15) is 4.98 Å². The number of aryl methyl sites for hydroxylation is 1. The van der Waals surface area contributed by atoms with E-state index in [2.05, 4.69) is 15.3 Å². The fraction of sp³-hybridized carbons (Fsp3) is 0.455. The first-order valence-corrected chi connectivity index (χ1v) is 6.17. The lowest BCUT2D eigenvalue weighted by Gasteiger charge is -2.18. The molecular weight excluding hydrogens is 236 g/mol. The van der Waals surface area contributed by atoms with E-state index in [-0.39, 0.29) is 5.95 Å². The Balaban J connectivity index is 2.38. The van der Waals surface area contributed by atoms with Crippen LogP contribution in [-0.4, -0.2) is 27.2 Å². The molecule has 6 heteroatoms. The molecule has 0 aromatic carbocycles. The van der Waals surface area contributed by atoms with Gasteiger partial charge >= 0.3 is 0 Å². The number of thiophene rings is 1. The van der Waals surface area contributed by atoms with Gasteiger partial charge in [0, 0.05) is 11.4 Å². The average molecular weight is 252 g/mol. The smallest absolute Gasteiger partial charge is 0.223 e. The Morgan fingerprint density at radius 1 is 1.47 bits per heavy atom. The predicted octanol–water partition coefficient (Wildman–Crippen LogP) is 1.76. The standard InChI is InChI=1S/C11H16N4OS/c1-6-4-7-8(13-5-11(2,3)16)14-10(12)15-9(7)17-6/h4,16H,5H2,1-3H3,(H3,12,13,14,15). The van der Waals surface area contributed by atoms with Gasteiger partial charge in [-0.05, 0) is 26.8 Å². The summed E-state index contributed by atoms with van der Waals surface area (Å²) < 4.78 is 0. The highest BCUT2D eigenvalue weighted by molar-refractivity contribution is 7.18. The number of hydrogen-bond donors (Lipinski definition) is 3. The topological polar surface area (TPSA) is 84.1 Å². The van der Waals surface area contributed by atoms with Crippen LogP contribution in [0, 0.1) is 6.92 Å². The van der Waals surface area contributed by atoms with Crippen molar-refractivity contribution in [2.45, 2.75) is 26.4 Å². The lowest BCUT2D eigenvalue weighted by molar-refractivity contribution is 0.0944. The summed E-state index contributed by atoms with van der Waals surface area (Å²) in [5.41, 5.74) is 4.86. The average Bonchev–Trinajstić information content (AvgIpc) is 2.53. The number of hydrogen-bond acceptors (Lipinski definition) is 6. The van der Waals surface area contributed by atoms with Crippen molar-refractivity contribution < 1.29 is 5.11 Å². The van der Waals surface area contributed by atoms with Crippen LogP contribution in [0.25, 0.3) is 10.2 Å². The molecule has 2 aromatic rings. The van der Waals surface area contributed by atoms with Crippen LogP contribution in [0.3, 0.4) is 0 Å². The molecule has 2 rings (SSSR count). The number of aromatic nitrogens is 2. The third-order valence-electron chi connectivity index (χ3n) is 2.22. The first-order valence-electron chi connectivity index (χ1n) is 5.35. The van der Waals surface area contributed by atoms with Gasteiger partial charge < -0.3 is 16.2 Å². The zero-order valence-electron chi connectivity index (χ0n) is 10.1. The van der Waals surface area contributed by atoms with E-state index in [1.165, 1.54) is 0 Å². The summed E-state index contributed by atoms with van der Waals surface area (Å²) in [6, 6.07) is 2.02. The maximum Gasteiger partial charge on any atom is 0.223 e. The number of rotatable bonds is 3. The summed E-state index contributed by atoms with van der Waals surface area (Å²) in [7, 11) is 0. The van der Waals surface area contributed by atoms with Gasteiger partial charge in [0.05, 0.1) is 11.0 Å². The lowest BCUT2D eigenvalue weighted by atomic mass is 10.1. The van der Waals surface area contributed by atoms with Gasteiger partial charge in [-0.25, -0.2) is 4.98 Å². The van der Waals surface area contributed by atoms with Crippen molar-refractivity contribution in [2.24, 2.45) is 0 Å². The molecule has 2 heterocycles. The van der Waals surface area contributed by atoms with E-state index in [0.717, 1.165) is 15.1 Å². The number of fused-ring (bicyclic) bond motifs is 1. The Morgan fingerprint density at radius 2 is 2.18 bits per heavy atom. The third-order valence-corrected chi connectivity index (χ3v) is 3.17. The fourth-order valence-electron chi connectivity index (χ4n) is 1.49. The largest absolute Gasteiger partial charge is 0.389 e. The minimum Gasteiger partial charge on any atom is -0.389 e. The molecule has 0 aliphatic rings. The van der Waals surface area contributed by atoms with Crippen molar-refractivity contribution in [3.63, 3.8) is 0 Å². The van der Waals surface area contributed by atoms with Crippen LogP contribution in [0.2, 0.25) is 0 Å². The zero-order chi connectivity index (χ0) is 12.6. The zero-order valence-corrected chi connectivity index (χ0v) is 10.9. The molecule has 0 fully saturated rings. The molecule has 0 atom stereocenters. The second kappa shape index (κ2) is 4.12. The number of nitrogens with zero attached hydrogens (tertiary/aromatic N) is 2. The minimum absolute atomic E-state index is 0.248. The van der Waals surface area contributed by atoms with Crippen LogP contribution < -0.4 is 11.1 Å². The highest BCUT2D eigenvalue weighted by atomic mass is 32.1. The van der Waals surface area contributed by atoms with Crippen LogP contribution in [0.5, 0.6) is 0 Å². The van der Waals surface area contributed by atoms with Crippen molar-refractivity contribution in [2.75, 3.05) is 17.6 Å². The number of aliphatic hydroxyl groups is 1. The highest BCUT2D eigenvalue weighted by Crippen LogP contribution is 2.29. The summed E-state index contributed by atoms with van der Waals surface area (Å²) in [4.78, 5) is 10.4. The van der Waals surface area contributed by atoms with Gasteiger partial charge in [-0.1, -0.05) is 0 Å². The minimum atomic E-state index is -0.795. The molecule has 0 saturated carbocycles. The molecule has 0 spiro atoms. The van der Waals surface area contributed by atoms with E-state index >= 15 is 0 Å². The van der Waals surface area contributed by atoms with Crippen molar-refractivity contribution >= 4 is 33.3 Å². The molecular formula is C11H16N4OS. The van der Waals surface area contributed by atoms with E-state index in [0.29, 0.717) is 12.4 Å². The fourth-order valence-corrected chi connectivity index (χ4v) is 2.38. The summed E-state index contributed by atoms with van der Waals surface area (Å²) in [6.07, 6.45) is 0. The number of nitrogens with one attached hydrogen (secondary N) is 1. The predicted molar refractivity (Wildman–Crippen MR) is 71.4 cm³/mol. The molecule has 0 aliphatic heterocycles. The summed E-state index contributed by atoms with van der Waals surface area (Å²) in [5, 5.41) is 13.7. The molecule has 0 aliphatic carbocycles. The molecule has 0 amide bonds. The highest BCUT2D eigenvalue weighted by Gasteiger charge is 2.15. The second-order valence-corrected chi connectivity index (χ2v) is 5.91. The van der Waals surface area contributed by atoms with Crippen molar-refractivity contribution in [1.29, 1.82) is 0 Å². The SMILES string of the molecule is Cc1cc2c(NCC(C)(C)O)nc(N)nc2s1. The van der Waals surface area contributed by atoms with E-state index in [4.69, 9.17) is 5.73 Å². The summed E-state index contributed by atoms with van der Waals surface area (Å²) >= 11 is 1.58. The third kappa shape index (κ3) is 2.83. The van der Waals surface area contributed by atoms with E-state index in [1.807, 2.05) is 13.0 Å². The molecule has 2 aromatic heterocycles. The molecule has 17 heavy (non-hydrogen) atoms. The maximum atomic E-state index is 9.69. The maximum absolute atomic E-state index is 9.69. The Labute approximate surface area is 104 Å². The second-order valence-electron chi connectivity index (χ2n) is 4.67. The van der Waals surface area contributed by atoms with Crippen LogP contribution in [-0.2, 0) is 0 Å². The van der Waals surface area contributed by atoms with Gasteiger partial charge in [-0.3, -0.25) is 0 Å². The molecule has 5 nitrogen and oxygen atoms in total. The van der Waals surface area contributed by atoms with E-state index in [9.17, 15) is 5.11 Å². The molecule has 0 radical (unpaired) electrons. The van der Waals surface area contributed by atoms with Crippen LogP contribution in [0.1, 0.15) is 18.7 Å². The van der Waals surface area contributed by atoms with Crippen LogP contribution in [0.15, 0.2) is 6.07 Å². The van der Waals surface area contributed by atoms with Gasteiger partial charge in [-0.15, -0.1) is 11.3 Å². The lowest BCUT2D eigenvalue weighted by Crippen LogP contribution is -2.29. The van der Waals surface area contributed by atoms with Crippen LogP contribution >= 0.6 is 11.3 Å². The Hall–Kier alpha value is -1.40. The first kappa shape index (κ1) is 12.1. The van der Waals surface area contributed by atoms with E-state index < -0.39 is 5.60 Å². The van der Waals surface area contributed by atoms with E-state index in [1.54, 1.807) is 25.2 Å². The van der Waals surface area contributed by atoms with Gasteiger partial charge in [0.2, 0.25) is 5.95 Å². The quantitative estimate of drug-likeness (QED) is 0.775. The monoisotopic (exact) mass is 252 g/mol. The Kier molecular flexibility index (Phi) is 2.92. The molecule has 92 valence electrons. The normalized spacial score (nSPS) is 12.0. The molecule has 4 N–H and O–H groups in total. The number of anilines is 2. The van der Waals surface area contributed by atoms with Gasteiger partial charge in [0.1, 0.15) is 10.6 Å². The Bertz CT molecular complexity index is 544. The van der Waals surface area contributed by atoms with Gasteiger partial charge in [0.15, 0.2) is 0 Å². The summed E-state index contributed by atoms with van der Waals surface area (Å²) in [5.74, 6) is 0.927. The van der Waals surface area contributed by atoms with Crippen LogP contribution in [0.4, 0.5) is 11.8 Å². The van der Waals surface area contributed by atoms with Crippen molar-refractivity contribution in [3.8, 4) is 0 Å². The first-order chi connectivity index (χ1) is 7.85. The molecule has 0 unspecified atom stereocenters. The van der Waals surface area contributed by atoms with Gasteiger partial charge in [0.25, 0.3) is 0 Å². The summed E-state index contributed by atoms with van der Waals surface area (Å²) in [6.45, 7) is 5.90. The van der Waals surface area contributed by atoms with Crippen molar-refractivity contribution in [1.82, 2.24) is 9.97 Å². The number of nitrogen functional groups attached to an aromatic ring is 1. The molecule has 0 saturated heterocycles. The Morgan fingerprint density at radius 3 is 2.82 bits per heavy atom.